The lowest BCUT2D eigenvalue weighted by Crippen LogP contribution is -2.37. The predicted octanol–water partition coefficient (Wildman–Crippen LogP) is 3.04. The lowest BCUT2D eigenvalue weighted by atomic mass is 10.3. The number of carbonyl (C=O) groups is 2. The molecule has 1 atom stereocenters. The van der Waals surface area contributed by atoms with Crippen LogP contribution in [0.1, 0.15) is 9.67 Å². The van der Waals surface area contributed by atoms with Crippen LogP contribution in [0, 0.1) is 0 Å². The fourth-order valence-corrected chi connectivity index (χ4v) is 3.91. The van der Waals surface area contributed by atoms with Gasteiger partial charge in [0.15, 0.2) is 6.23 Å². The van der Waals surface area contributed by atoms with Gasteiger partial charge in [0, 0.05) is 16.4 Å². The Morgan fingerprint density at radius 3 is 2.48 bits per heavy atom. The molecule has 1 aromatic heterocycles. The quantitative estimate of drug-likeness (QED) is 0.767. The molecule has 1 saturated heterocycles. The van der Waals surface area contributed by atoms with Gasteiger partial charge in [-0.1, -0.05) is 11.6 Å². The number of hydrogen-bond acceptors (Lipinski definition) is 6. The zero-order chi connectivity index (χ0) is 18.2. The van der Waals surface area contributed by atoms with Gasteiger partial charge >= 0.3 is 6.09 Å². The van der Waals surface area contributed by atoms with E-state index < -0.39 is 27.3 Å². The Bertz CT molecular complexity index is 927. The molecule has 1 fully saturated rings. The molecule has 3 rings (SSSR count). The van der Waals surface area contributed by atoms with Crippen molar-refractivity contribution >= 4 is 60.4 Å². The van der Waals surface area contributed by atoms with Crippen LogP contribution in [0.25, 0.3) is 0 Å². The number of nitrogens with one attached hydrogen (secondary N) is 1. The van der Waals surface area contributed by atoms with E-state index in [0.717, 1.165) is 11.3 Å². The minimum atomic E-state index is -3.84. The van der Waals surface area contributed by atoms with Crippen molar-refractivity contribution in [1.29, 1.82) is 0 Å². The summed E-state index contributed by atoms with van der Waals surface area (Å²) in [7, 11) is 1.41. The third-order valence-electron chi connectivity index (χ3n) is 3.33. The molecule has 0 spiro atoms. The highest BCUT2D eigenvalue weighted by Crippen LogP contribution is 2.25. The van der Waals surface area contributed by atoms with E-state index in [1.165, 1.54) is 29.2 Å². The number of benzene rings is 1. The number of carbonyl (C=O) groups excluding carboxylic acids is 2. The third-order valence-corrected chi connectivity index (χ3v) is 5.93. The van der Waals surface area contributed by atoms with Crippen LogP contribution in [-0.4, -0.2) is 33.2 Å². The van der Waals surface area contributed by atoms with Crippen molar-refractivity contribution in [3.63, 3.8) is 0 Å². The first-order chi connectivity index (χ1) is 11.7. The standard InChI is InChI=1S/C14H10Cl2N2O5S2/c15-11-6-5-10(24-11)13(19)17-12-7-18(14(20)23-12)8-1-3-9(4-2-8)25(16,21)22/h1-6,12H,7H2,(H,17,19). The molecule has 7 nitrogen and oxygen atoms in total. The molecule has 1 aromatic carbocycles. The van der Waals surface area contributed by atoms with Crippen molar-refractivity contribution in [2.24, 2.45) is 0 Å². The van der Waals surface area contributed by atoms with Gasteiger partial charge < -0.3 is 10.1 Å². The highest BCUT2D eigenvalue weighted by molar-refractivity contribution is 8.13. The van der Waals surface area contributed by atoms with Crippen molar-refractivity contribution in [1.82, 2.24) is 5.32 Å². The average Bonchev–Trinajstić information content (AvgIpc) is 3.12. The second kappa shape index (κ2) is 6.83. The van der Waals surface area contributed by atoms with Gasteiger partial charge in [-0.2, -0.15) is 0 Å². The van der Waals surface area contributed by atoms with Gasteiger partial charge in [-0.05, 0) is 36.4 Å². The average molecular weight is 421 g/mol. The number of thiophene rings is 1. The van der Waals surface area contributed by atoms with Crippen molar-refractivity contribution in [3.05, 3.63) is 45.6 Å². The van der Waals surface area contributed by atoms with Crippen molar-refractivity contribution in [3.8, 4) is 0 Å². The van der Waals surface area contributed by atoms with Crippen LogP contribution >= 0.6 is 33.6 Å². The molecule has 2 amide bonds. The number of amides is 2. The highest BCUT2D eigenvalue weighted by Gasteiger charge is 2.33. The smallest absolute Gasteiger partial charge is 0.416 e. The molecular formula is C14H10Cl2N2O5S2. The second-order valence-electron chi connectivity index (χ2n) is 4.99. The molecule has 25 heavy (non-hydrogen) atoms. The molecule has 1 aliphatic rings. The Balaban J connectivity index is 1.69. The van der Waals surface area contributed by atoms with Gasteiger partial charge in [0.05, 0.1) is 20.7 Å². The van der Waals surface area contributed by atoms with Crippen molar-refractivity contribution < 1.29 is 22.7 Å². The number of anilines is 1. The van der Waals surface area contributed by atoms with E-state index in [2.05, 4.69) is 5.32 Å². The lowest BCUT2D eigenvalue weighted by Gasteiger charge is -2.13. The van der Waals surface area contributed by atoms with Crippen LogP contribution in [-0.2, 0) is 13.8 Å². The molecule has 0 bridgehead atoms. The second-order valence-corrected chi connectivity index (χ2v) is 9.27. The van der Waals surface area contributed by atoms with Crippen LogP contribution < -0.4 is 10.2 Å². The molecule has 2 aromatic rings. The number of halogens is 2. The maximum absolute atomic E-state index is 12.1. The molecule has 0 saturated carbocycles. The first-order valence-electron chi connectivity index (χ1n) is 6.83. The SMILES string of the molecule is O=C(NC1CN(c2ccc(S(=O)(=O)Cl)cc2)C(=O)O1)c1ccc(Cl)s1. The topological polar surface area (TPSA) is 92.8 Å². The highest BCUT2D eigenvalue weighted by atomic mass is 35.7. The summed E-state index contributed by atoms with van der Waals surface area (Å²) in [5, 5.41) is 2.59. The van der Waals surface area contributed by atoms with Crippen LogP contribution in [0.15, 0.2) is 41.3 Å². The Hall–Kier alpha value is -1.81. The monoisotopic (exact) mass is 420 g/mol. The first kappa shape index (κ1) is 18.0. The fraction of sp³-hybridized carbons (Fsp3) is 0.143. The Labute approximate surface area is 156 Å². The Morgan fingerprint density at radius 2 is 1.92 bits per heavy atom. The minimum absolute atomic E-state index is 0.0788. The molecule has 0 radical (unpaired) electrons. The number of rotatable bonds is 4. The molecule has 1 N–H and O–H groups in total. The van der Waals surface area contributed by atoms with E-state index in [0.29, 0.717) is 14.9 Å². The Kier molecular flexibility index (Phi) is 4.92. The van der Waals surface area contributed by atoms with E-state index in [-0.39, 0.29) is 11.4 Å². The minimum Gasteiger partial charge on any atom is -0.423 e. The summed E-state index contributed by atoms with van der Waals surface area (Å²) < 4.78 is 28.1. The van der Waals surface area contributed by atoms with Crippen LogP contribution in [0.4, 0.5) is 10.5 Å². The Morgan fingerprint density at radius 1 is 1.24 bits per heavy atom. The fourth-order valence-electron chi connectivity index (χ4n) is 2.19. The molecule has 0 aliphatic carbocycles. The molecule has 2 heterocycles. The number of ether oxygens (including phenoxy) is 1. The van der Waals surface area contributed by atoms with Gasteiger partial charge in [-0.3, -0.25) is 9.69 Å². The van der Waals surface area contributed by atoms with E-state index in [4.69, 9.17) is 27.0 Å². The van der Waals surface area contributed by atoms with Crippen LogP contribution in [0.5, 0.6) is 0 Å². The number of hydrogen-bond donors (Lipinski definition) is 1. The molecule has 1 unspecified atom stereocenters. The van der Waals surface area contributed by atoms with E-state index >= 15 is 0 Å². The van der Waals surface area contributed by atoms with Gasteiger partial charge in [0.2, 0.25) is 0 Å². The van der Waals surface area contributed by atoms with Gasteiger partial charge in [0.1, 0.15) is 0 Å². The van der Waals surface area contributed by atoms with Gasteiger partial charge in [-0.15, -0.1) is 11.3 Å². The van der Waals surface area contributed by atoms with Crippen LogP contribution in [0.2, 0.25) is 4.34 Å². The maximum atomic E-state index is 12.1. The van der Waals surface area contributed by atoms with Crippen molar-refractivity contribution in [2.75, 3.05) is 11.4 Å². The summed E-state index contributed by atoms with van der Waals surface area (Å²) >= 11 is 6.90. The summed E-state index contributed by atoms with van der Waals surface area (Å²) in [6.45, 7) is 0.0800. The zero-order valence-corrected chi connectivity index (χ0v) is 15.5. The van der Waals surface area contributed by atoms with Crippen molar-refractivity contribution in [2.45, 2.75) is 11.1 Å². The van der Waals surface area contributed by atoms with Crippen LogP contribution in [0.3, 0.4) is 0 Å². The van der Waals surface area contributed by atoms with E-state index in [1.54, 1.807) is 12.1 Å². The first-order valence-corrected chi connectivity index (χ1v) is 10.3. The maximum Gasteiger partial charge on any atom is 0.416 e. The molecular weight excluding hydrogens is 411 g/mol. The summed E-state index contributed by atoms with van der Waals surface area (Å²) in [6, 6.07) is 8.59. The predicted molar refractivity (Wildman–Crippen MR) is 93.9 cm³/mol. The van der Waals surface area contributed by atoms with E-state index in [9.17, 15) is 18.0 Å². The number of cyclic esters (lactones) is 1. The normalized spacial score (nSPS) is 17.4. The third kappa shape index (κ3) is 4.06. The summed E-state index contributed by atoms with van der Waals surface area (Å²) in [6.07, 6.45) is -1.49. The summed E-state index contributed by atoms with van der Waals surface area (Å²) in [5.74, 6) is -0.403. The zero-order valence-electron chi connectivity index (χ0n) is 12.3. The largest absolute Gasteiger partial charge is 0.423 e. The summed E-state index contributed by atoms with van der Waals surface area (Å²) in [5.41, 5.74) is 0.421. The molecule has 11 heteroatoms. The van der Waals surface area contributed by atoms with Gasteiger partial charge in [0.25, 0.3) is 15.0 Å². The van der Waals surface area contributed by atoms with Gasteiger partial charge in [-0.25, -0.2) is 13.2 Å². The lowest BCUT2D eigenvalue weighted by molar-refractivity contribution is 0.0807. The van der Waals surface area contributed by atoms with E-state index in [1.807, 2.05) is 0 Å². The molecule has 1 aliphatic heterocycles. The summed E-state index contributed by atoms with van der Waals surface area (Å²) in [4.78, 5) is 25.6. The molecule has 132 valence electrons. The number of nitrogens with zero attached hydrogens (tertiary/aromatic N) is 1.